The molecule has 52 heavy (non-hydrogen) atoms. The van der Waals surface area contributed by atoms with Crippen LogP contribution in [0.25, 0.3) is 0 Å². The first kappa shape index (κ1) is 44.3. The molecule has 2 aromatic carbocycles. The Kier molecular flexibility index (Phi) is 14.0. The number of aromatic hydroxyl groups is 2. The van der Waals surface area contributed by atoms with E-state index in [2.05, 4.69) is 0 Å². The molecule has 1 saturated heterocycles. The molecule has 13 N–H and O–H groups in total. The number of carbonyl (C=O) groups is 5. The van der Waals surface area contributed by atoms with E-state index in [9.17, 15) is 59.7 Å². The van der Waals surface area contributed by atoms with Gasteiger partial charge in [0.15, 0.2) is 17.9 Å². The molecule has 1 saturated carbocycles. The molecule has 0 radical (unpaired) electrons. The van der Waals surface area contributed by atoms with Crippen molar-refractivity contribution in [3.8, 4) is 17.2 Å². The quantitative estimate of drug-likeness (QED) is 0.0937. The Morgan fingerprint density at radius 1 is 1.02 bits per heavy atom. The molecule has 288 valence electrons. The molecule has 4 aliphatic rings. The van der Waals surface area contributed by atoms with Crippen LogP contribution in [0.1, 0.15) is 88.1 Å². The Morgan fingerprint density at radius 3 is 2.10 bits per heavy atom. The summed E-state index contributed by atoms with van der Waals surface area (Å²) < 4.78 is 17.0. The Morgan fingerprint density at radius 2 is 1.62 bits per heavy atom. The van der Waals surface area contributed by atoms with E-state index in [4.69, 9.17) is 19.9 Å². The normalized spacial score (nSPS) is 26.5. The standard InChI is InChI=1S/C27H29NO11.C6H8O4.2H3N.Pt/c1-10-22(31)13(28)6-17(38-10)39-15-8-27(36,16(30)9-29)7-12-19(15)26(35)21-20(24(12)33)23(32)11-4-3-5-14(37-2)18(11)25(21)34;7-4(8)6(5(9)10)2-1-3-6;;;/h3-5,10,13,15,17,22,29,31,33,35-36H,6-9,28H2,1-2H3;1-3H2,(H,7,8)(H,9,10);2*1H3;/q;;;;+2/p-2/t10-,13-,15-,17-,22+,27-;;;;/m0..../s1. The summed E-state index contributed by atoms with van der Waals surface area (Å²) in [7, 11) is 1.32. The number of fused-ring (bicyclic) bond motifs is 3. The summed E-state index contributed by atoms with van der Waals surface area (Å²) in [5.41, 5.74) is 0.707. The van der Waals surface area contributed by atoms with Crippen LogP contribution in [-0.2, 0) is 51.3 Å². The van der Waals surface area contributed by atoms with Crippen molar-refractivity contribution in [2.24, 2.45) is 11.1 Å². The van der Waals surface area contributed by atoms with E-state index in [1.165, 1.54) is 25.3 Å². The van der Waals surface area contributed by atoms with Gasteiger partial charge in [-0.2, -0.15) is 0 Å². The van der Waals surface area contributed by atoms with Crippen LogP contribution in [0.5, 0.6) is 17.2 Å². The van der Waals surface area contributed by atoms with Crippen LogP contribution in [-0.4, -0.2) is 98.7 Å². The number of aliphatic carboxylic acids is 2. The average Bonchev–Trinajstić information content (AvgIpc) is 3.02. The summed E-state index contributed by atoms with van der Waals surface area (Å²) >= 11 is 0. The molecule has 0 bridgehead atoms. The fourth-order valence-corrected chi connectivity index (χ4v) is 6.77. The molecule has 2 aromatic rings. The summed E-state index contributed by atoms with van der Waals surface area (Å²) in [5, 5.41) is 74.1. The molecule has 0 spiro atoms. The number of rotatable bonds is 7. The van der Waals surface area contributed by atoms with Crippen LogP contribution in [0, 0.1) is 5.41 Å². The third-order valence-electron chi connectivity index (χ3n) is 9.79. The average molecular weight is 915 g/mol. The van der Waals surface area contributed by atoms with E-state index in [1.807, 2.05) is 0 Å². The summed E-state index contributed by atoms with van der Waals surface area (Å²) in [6, 6.07) is 3.64. The van der Waals surface area contributed by atoms with Gasteiger partial charge in [0.05, 0.1) is 54.1 Å². The summed E-state index contributed by atoms with van der Waals surface area (Å²) in [6.45, 7) is 0.560. The fraction of sp³-hybridized carbons (Fsp3) is 0.485. The van der Waals surface area contributed by atoms with Crippen molar-refractivity contribution in [2.45, 2.75) is 81.7 Å². The van der Waals surface area contributed by atoms with Gasteiger partial charge in [0.2, 0.25) is 5.78 Å². The molecule has 0 amide bonds. The number of Topliss-reactive ketones (excluding diaryl/α,β-unsaturated/α-hetero) is 1. The monoisotopic (exact) mass is 914 g/mol. The van der Waals surface area contributed by atoms with Crippen molar-refractivity contribution in [3.63, 3.8) is 0 Å². The minimum Gasteiger partial charge on any atom is -0.549 e. The largest absolute Gasteiger partial charge is 2.00 e. The van der Waals surface area contributed by atoms with Gasteiger partial charge in [-0.1, -0.05) is 18.6 Å². The number of hydrogen-bond acceptors (Lipinski definition) is 18. The van der Waals surface area contributed by atoms with Crippen LogP contribution >= 0.6 is 0 Å². The van der Waals surface area contributed by atoms with E-state index in [-0.39, 0.29) is 80.6 Å². The number of phenols is 2. The zero-order chi connectivity index (χ0) is 36.2. The first-order valence-corrected chi connectivity index (χ1v) is 15.4. The second-order valence-electron chi connectivity index (χ2n) is 12.7. The van der Waals surface area contributed by atoms with E-state index >= 15 is 0 Å². The summed E-state index contributed by atoms with van der Waals surface area (Å²) in [6.07, 6.45) is -4.19. The number of hydrogen-bond donors (Lipinski definition) is 8. The molecular weight excluding hydrogens is 873 g/mol. The number of benzene rings is 2. The van der Waals surface area contributed by atoms with Gasteiger partial charge in [-0.25, -0.2) is 0 Å². The van der Waals surface area contributed by atoms with E-state index in [0.29, 0.717) is 6.42 Å². The maximum Gasteiger partial charge on any atom is 2.00 e. The molecule has 0 unspecified atom stereocenters. The minimum absolute atomic E-state index is 0. The molecule has 6 atom stereocenters. The van der Waals surface area contributed by atoms with E-state index in [1.54, 1.807) is 6.92 Å². The number of nitrogens with two attached hydrogens (primary N) is 1. The first-order valence-electron chi connectivity index (χ1n) is 15.4. The van der Waals surface area contributed by atoms with Crippen LogP contribution in [0.4, 0.5) is 0 Å². The summed E-state index contributed by atoms with van der Waals surface area (Å²) in [4.78, 5) is 60.2. The Hall–Kier alpha value is -3.84. The van der Waals surface area contributed by atoms with Crippen molar-refractivity contribution in [1.82, 2.24) is 12.3 Å². The Balaban J connectivity index is 0.000000626. The van der Waals surface area contributed by atoms with Crippen LogP contribution in [0.3, 0.4) is 0 Å². The number of ketones is 3. The van der Waals surface area contributed by atoms with Gasteiger partial charge in [-0.15, -0.1) is 0 Å². The third kappa shape index (κ3) is 7.22. The van der Waals surface area contributed by atoms with Gasteiger partial charge in [0, 0.05) is 47.4 Å². The number of ether oxygens (including phenoxy) is 3. The molecule has 1 heterocycles. The predicted octanol–water partition coefficient (Wildman–Crippen LogP) is -2.02. The molecule has 2 fully saturated rings. The van der Waals surface area contributed by atoms with Crippen molar-refractivity contribution in [1.29, 1.82) is 0 Å². The van der Waals surface area contributed by atoms with Crippen molar-refractivity contribution in [3.05, 3.63) is 51.6 Å². The van der Waals surface area contributed by atoms with Crippen molar-refractivity contribution in [2.75, 3.05) is 13.7 Å². The van der Waals surface area contributed by atoms with Gasteiger partial charge in [0.25, 0.3) is 0 Å². The summed E-state index contributed by atoms with van der Waals surface area (Å²) in [5.74, 6) is -6.80. The topological polar surface area (TPSA) is 356 Å². The first-order chi connectivity index (χ1) is 23.0. The molecule has 0 aromatic heterocycles. The zero-order valence-electron chi connectivity index (χ0n) is 28.2. The van der Waals surface area contributed by atoms with E-state index in [0.717, 1.165) is 0 Å². The van der Waals surface area contributed by atoms with Gasteiger partial charge in [-0.3, -0.25) is 14.4 Å². The Labute approximate surface area is 311 Å². The Bertz CT molecular complexity index is 1720. The number of methoxy groups -OCH3 is 1. The second kappa shape index (κ2) is 16.4. The molecular formula is C33H41N3O15Pt. The maximum absolute atomic E-state index is 13.6. The number of phenolic OH excluding ortho intramolecular Hbond substituents is 2. The number of carboxylic acid groups (broad SMARTS) is 2. The number of carbonyl (C=O) groups excluding carboxylic acids is 5. The SMILES string of the molecule is COc1cccc2c1C(=O)c1c(O)c3c(c(O)c1C2=O)C[C@@](O)(C(=O)CO)C[C@@H]3O[C@H]1C[C@H](N)[C@H](O)[C@H](C)O1.N.N.O=C([O-])C1(C(=O)[O-])CCC1.[Pt+2]. The number of aliphatic hydroxyl groups is 3. The van der Waals surface area contributed by atoms with Gasteiger partial charge in [0.1, 0.15) is 29.5 Å². The van der Waals surface area contributed by atoms with Gasteiger partial charge in [-0.05, 0) is 25.8 Å². The molecule has 18 nitrogen and oxygen atoms in total. The van der Waals surface area contributed by atoms with Crippen LogP contribution in [0.15, 0.2) is 18.2 Å². The molecule has 1 aliphatic heterocycles. The number of carboxylic acids is 2. The zero-order valence-corrected chi connectivity index (χ0v) is 30.5. The van der Waals surface area contributed by atoms with E-state index < -0.39 is 113 Å². The predicted molar refractivity (Wildman–Crippen MR) is 168 cm³/mol. The van der Waals surface area contributed by atoms with Gasteiger partial charge < -0.3 is 77.6 Å². The van der Waals surface area contributed by atoms with Gasteiger partial charge >= 0.3 is 21.1 Å². The number of aliphatic hydroxyl groups excluding tert-OH is 2. The molecule has 6 rings (SSSR count). The molecule has 19 heteroatoms. The third-order valence-corrected chi connectivity index (χ3v) is 9.79. The van der Waals surface area contributed by atoms with Crippen molar-refractivity contribution >= 4 is 29.3 Å². The molecule has 3 aliphatic carbocycles. The van der Waals surface area contributed by atoms with Crippen LogP contribution < -0.4 is 33.0 Å². The maximum atomic E-state index is 13.6. The van der Waals surface area contributed by atoms with Crippen LogP contribution in [0.2, 0.25) is 0 Å². The fourth-order valence-electron chi connectivity index (χ4n) is 6.77. The van der Waals surface area contributed by atoms with Crippen molar-refractivity contribution < 1.29 is 95.0 Å². The second-order valence-corrected chi connectivity index (χ2v) is 12.7. The smallest absolute Gasteiger partial charge is 0.549 e. The minimum atomic E-state index is -2.24.